The Hall–Kier alpha value is -2.36. The summed E-state index contributed by atoms with van der Waals surface area (Å²) in [6.07, 6.45) is 0. The summed E-state index contributed by atoms with van der Waals surface area (Å²) < 4.78 is 10.8. The summed E-state index contributed by atoms with van der Waals surface area (Å²) in [4.78, 5) is 2.39. The van der Waals surface area contributed by atoms with Gasteiger partial charge in [0.05, 0.1) is 11.4 Å². The summed E-state index contributed by atoms with van der Waals surface area (Å²) in [5, 5.41) is 3.43. The number of hydrogen-bond donors (Lipinski definition) is 1. The highest BCUT2D eigenvalue weighted by atomic mass is 16.7. The molecule has 0 aromatic heterocycles. The number of nitrogens with one attached hydrogen (secondary N) is 1. The van der Waals surface area contributed by atoms with E-state index in [-0.39, 0.29) is 0 Å². The molecule has 2 heterocycles. The molecule has 4 rings (SSSR count). The highest BCUT2D eigenvalue weighted by Gasteiger charge is 2.18. The van der Waals surface area contributed by atoms with Crippen molar-refractivity contribution >= 4 is 11.4 Å². The molecule has 4 nitrogen and oxygen atoms in total. The van der Waals surface area contributed by atoms with Crippen LogP contribution in [0.3, 0.4) is 0 Å². The monoisotopic (exact) mass is 268 g/mol. The van der Waals surface area contributed by atoms with Crippen molar-refractivity contribution in [3.8, 4) is 11.5 Å². The van der Waals surface area contributed by atoms with Crippen molar-refractivity contribution in [3.63, 3.8) is 0 Å². The standard InChI is InChI=1S/C16H16N2O2/c1-2-4-14-13(3-1)17-7-8-18(14)10-12-5-6-15-16(9-12)20-11-19-15/h1-6,9,17H,7-8,10-11H2. The largest absolute Gasteiger partial charge is 0.454 e. The van der Waals surface area contributed by atoms with Gasteiger partial charge in [-0.3, -0.25) is 0 Å². The number of hydrogen-bond acceptors (Lipinski definition) is 4. The van der Waals surface area contributed by atoms with Crippen LogP contribution in [0.1, 0.15) is 5.56 Å². The number of fused-ring (bicyclic) bond motifs is 2. The van der Waals surface area contributed by atoms with Gasteiger partial charge in [-0.25, -0.2) is 0 Å². The fraction of sp³-hybridized carbons (Fsp3) is 0.250. The highest BCUT2D eigenvalue weighted by Crippen LogP contribution is 2.34. The first-order chi connectivity index (χ1) is 9.90. The maximum atomic E-state index is 5.44. The Kier molecular flexibility index (Phi) is 2.66. The molecule has 0 amide bonds. The normalized spacial score (nSPS) is 15.7. The summed E-state index contributed by atoms with van der Waals surface area (Å²) in [5.74, 6) is 1.69. The number of anilines is 2. The quantitative estimate of drug-likeness (QED) is 0.908. The van der Waals surface area contributed by atoms with Gasteiger partial charge in [0.25, 0.3) is 0 Å². The molecule has 0 bridgehead atoms. The number of para-hydroxylation sites is 2. The average molecular weight is 268 g/mol. The molecule has 0 unspecified atom stereocenters. The molecule has 1 N–H and O–H groups in total. The number of rotatable bonds is 2. The van der Waals surface area contributed by atoms with Crippen LogP contribution in [0.25, 0.3) is 0 Å². The van der Waals surface area contributed by atoms with E-state index < -0.39 is 0 Å². The predicted molar refractivity (Wildman–Crippen MR) is 78.5 cm³/mol. The van der Waals surface area contributed by atoms with Gasteiger partial charge in [0.2, 0.25) is 6.79 Å². The number of ether oxygens (including phenoxy) is 2. The lowest BCUT2D eigenvalue weighted by molar-refractivity contribution is 0.174. The third kappa shape index (κ3) is 1.93. The van der Waals surface area contributed by atoms with E-state index in [0.29, 0.717) is 6.79 Å². The van der Waals surface area contributed by atoms with Crippen LogP contribution in [0.15, 0.2) is 42.5 Å². The van der Waals surface area contributed by atoms with Crippen molar-refractivity contribution < 1.29 is 9.47 Å². The van der Waals surface area contributed by atoms with Crippen LogP contribution in [-0.2, 0) is 6.54 Å². The highest BCUT2D eigenvalue weighted by molar-refractivity contribution is 5.72. The minimum atomic E-state index is 0.329. The number of benzene rings is 2. The lowest BCUT2D eigenvalue weighted by atomic mass is 10.1. The predicted octanol–water partition coefficient (Wildman–Crippen LogP) is 2.85. The van der Waals surface area contributed by atoms with Crippen LogP contribution in [0.2, 0.25) is 0 Å². The molecule has 2 aromatic rings. The Balaban J connectivity index is 1.61. The van der Waals surface area contributed by atoms with E-state index in [0.717, 1.165) is 31.1 Å². The van der Waals surface area contributed by atoms with E-state index in [1.807, 2.05) is 6.07 Å². The Labute approximate surface area is 117 Å². The topological polar surface area (TPSA) is 33.7 Å². The lowest BCUT2D eigenvalue weighted by Gasteiger charge is -2.32. The SMILES string of the molecule is c1ccc2c(c1)NCCN2Cc1ccc2c(c1)OCO2. The molecule has 102 valence electrons. The molecular weight excluding hydrogens is 252 g/mol. The van der Waals surface area contributed by atoms with E-state index in [1.165, 1.54) is 16.9 Å². The molecule has 0 atom stereocenters. The second kappa shape index (κ2) is 4.63. The minimum absolute atomic E-state index is 0.329. The molecule has 20 heavy (non-hydrogen) atoms. The minimum Gasteiger partial charge on any atom is -0.454 e. The van der Waals surface area contributed by atoms with Crippen molar-refractivity contribution in [2.24, 2.45) is 0 Å². The van der Waals surface area contributed by atoms with E-state index in [9.17, 15) is 0 Å². The van der Waals surface area contributed by atoms with E-state index in [2.05, 4.69) is 46.6 Å². The zero-order valence-electron chi connectivity index (χ0n) is 11.1. The van der Waals surface area contributed by atoms with Gasteiger partial charge in [0, 0.05) is 19.6 Å². The van der Waals surface area contributed by atoms with Gasteiger partial charge in [-0.15, -0.1) is 0 Å². The zero-order valence-corrected chi connectivity index (χ0v) is 11.1. The van der Waals surface area contributed by atoms with Gasteiger partial charge in [-0.1, -0.05) is 18.2 Å². The average Bonchev–Trinajstić information content (AvgIpc) is 2.95. The summed E-state index contributed by atoms with van der Waals surface area (Å²) in [7, 11) is 0. The molecule has 0 saturated carbocycles. The van der Waals surface area contributed by atoms with Crippen LogP contribution < -0.4 is 19.7 Å². The zero-order chi connectivity index (χ0) is 13.4. The molecule has 0 saturated heterocycles. The summed E-state index contributed by atoms with van der Waals surface area (Å²) in [6.45, 7) is 3.19. The molecule has 0 aliphatic carbocycles. The van der Waals surface area contributed by atoms with Gasteiger partial charge in [0.15, 0.2) is 11.5 Å². The molecule has 2 aromatic carbocycles. The van der Waals surface area contributed by atoms with Gasteiger partial charge in [0.1, 0.15) is 0 Å². The van der Waals surface area contributed by atoms with E-state index >= 15 is 0 Å². The molecule has 2 aliphatic heterocycles. The first kappa shape index (κ1) is 11.5. The summed E-state index contributed by atoms with van der Waals surface area (Å²) >= 11 is 0. The number of nitrogens with zero attached hydrogens (tertiary/aromatic N) is 1. The molecule has 0 fully saturated rings. The van der Waals surface area contributed by atoms with E-state index in [4.69, 9.17) is 9.47 Å². The van der Waals surface area contributed by atoms with Crippen LogP contribution in [0, 0.1) is 0 Å². The van der Waals surface area contributed by atoms with E-state index in [1.54, 1.807) is 0 Å². The summed E-state index contributed by atoms with van der Waals surface area (Å²) in [5.41, 5.74) is 3.71. The van der Waals surface area contributed by atoms with Crippen molar-refractivity contribution in [2.75, 3.05) is 30.1 Å². The maximum absolute atomic E-state index is 5.44. The molecule has 4 heteroatoms. The van der Waals surface area contributed by atoms with Crippen molar-refractivity contribution in [1.82, 2.24) is 0 Å². The first-order valence-electron chi connectivity index (χ1n) is 6.86. The van der Waals surface area contributed by atoms with Crippen LogP contribution in [-0.4, -0.2) is 19.9 Å². The Bertz CT molecular complexity index is 642. The van der Waals surface area contributed by atoms with Gasteiger partial charge in [-0.05, 0) is 29.8 Å². The first-order valence-corrected chi connectivity index (χ1v) is 6.86. The molecule has 2 aliphatic rings. The van der Waals surface area contributed by atoms with Crippen LogP contribution >= 0.6 is 0 Å². The fourth-order valence-corrected chi connectivity index (χ4v) is 2.77. The smallest absolute Gasteiger partial charge is 0.231 e. The second-order valence-corrected chi connectivity index (χ2v) is 5.05. The third-order valence-corrected chi connectivity index (χ3v) is 3.75. The van der Waals surface area contributed by atoms with Crippen LogP contribution in [0.5, 0.6) is 11.5 Å². The molecule has 0 spiro atoms. The third-order valence-electron chi connectivity index (χ3n) is 3.75. The Morgan fingerprint density at radius 2 is 1.95 bits per heavy atom. The lowest BCUT2D eigenvalue weighted by Crippen LogP contribution is -2.33. The van der Waals surface area contributed by atoms with Gasteiger partial charge in [-0.2, -0.15) is 0 Å². The maximum Gasteiger partial charge on any atom is 0.231 e. The van der Waals surface area contributed by atoms with Gasteiger partial charge >= 0.3 is 0 Å². The van der Waals surface area contributed by atoms with Crippen LogP contribution in [0.4, 0.5) is 11.4 Å². The fourth-order valence-electron chi connectivity index (χ4n) is 2.77. The summed E-state index contributed by atoms with van der Waals surface area (Å²) in [6, 6.07) is 14.6. The molecule has 0 radical (unpaired) electrons. The van der Waals surface area contributed by atoms with Crippen molar-refractivity contribution in [2.45, 2.75) is 6.54 Å². The Morgan fingerprint density at radius 3 is 2.95 bits per heavy atom. The Morgan fingerprint density at radius 1 is 1.05 bits per heavy atom. The van der Waals surface area contributed by atoms with Crippen molar-refractivity contribution in [1.29, 1.82) is 0 Å². The van der Waals surface area contributed by atoms with Crippen molar-refractivity contribution in [3.05, 3.63) is 48.0 Å². The molecular formula is C16H16N2O2. The van der Waals surface area contributed by atoms with Gasteiger partial charge < -0.3 is 19.7 Å². The second-order valence-electron chi connectivity index (χ2n) is 5.05.